The number of rotatable bonds is 5. The van der Waals surface area contributed by atoms with Gasteiger partial charge >= 0.3 is 5.97 Å². The number of aromatic carboxylic acids is 1. The number of benzene rings is 2. The van der Waals surface area contributed by atoms with Crippen LogP contribution in [-0.2, 0) is 0 Å². The van der Waals surface area contributed by atoms with Gasteiger partial charge in [0, 0.05) is 15.9 Å². The first-order valence-corrected chi connectivity index (χ1v) is 11.9. The Morgan fingerprint density at radius 1 is 1.03 bits per heavy atom. The van der Waals surface area contributed by atoms with Gasteiger partial charge < -0.3 is 15.7 Å². The number of carbonyl (C=O) groups is 2. The molecule has 2 atom stereocenters. The van der Waals surface area contributed by atoms with E-state index in [1.165, 1.54) is 6.07 Å². The van der Waals surface area contributed by atoms with Crippen LogP contribution in [0.1, 0.15) is 45.7 Å². The number of carboxylic acid groups (broad SMARTS) is 1. The molecule has 0 radical (unpaired) electrons. The number of carbonyl (C=O) groups excluding carboxylic acids is 1. The van der Waals surface area contributed by atoms with Crippen LogP contribution in [0.15, 0.2) is 54.6 Å². The number of anilines is 1. The molecule has 1 fully saturated rings. The predicted molar refractivity (Wildman–Crippen MR) is 130 cm³/mol. The number of halogens is 2. The summed E-state index contributed by atoms with van der Waals surface area (Å²) in [7, 11) is 0. The van der Waals surface area contributed by atoms with Crippen LogP contribution in [0.25, 0.3) is 10.4 Å². The number of thiophene rings is 1. The zero-order chi connectivity index (χ0) is 22.8. The molecule has 5 nitrogen and oxygen atoms in total. The lowest BCUT2D eigenvalue weighted by atomic mass is 9.89. The maximum Gasteiger partial charge on any atom is 0.348 e. The zero-order valence-electron chi connectivity index (χ0n) is 17.1. The summed E-state index contributed by atoms with van der Waals surface area (Å²) in [5.41, 5.74) is 7.94. The minimum absolute atomic E-state index is 0.0973. The summed E-state index contributed by atoms with van der Waals surface area (Å²) in [6, 6.07) is 15.4. The molecule has 3 N–H and O–H groups in total. The number of hydrogen-bond donors (Lipinski definition) is 2. The van der Waals surface area contributed by atoms with Gasteiger partial charge in [0.15, 0.2) is 0 Å². The summed E-state index contributed by atoms with van der Waals surface area (Å²) in [5.74, 6) is -1.47. The van der Waals surface area contributed by atoms with Gasteiger partial charge in [-0.1, -0.05) is 66.4 Å². The van der Waals surface area contributed by atoms with Gasteiger partial charge in [-0.15, -0.1) is 11.3 Å². The van der Waals surface area contributed by atoms with Crippen LogP contribution in [0, 0.1) is 0 Å². The molecule has 0 aliphatic heterocycles. The molecule has 3 aromatic rings. The molecule has 166 valence electrons. The summed E-state index contributed by atoms with van der Waals surface area (Å²) >= 11 is 13.5. The largest absolute Gasteiger partial charge is 0.477 e. The SMILES string of the molecule is N[C@@H]1CCCC[C@H]1N(C(=O)c1ccc(Cl)cc1Cl)c1cc(-c2ccccc2)sc1C(=O)O. The van der Waals surface area contributed by atoms with Crippen molar-refractivity contribution in [2.75, 3.05) is 4.90 Å². The topological polar surface area (TPSA) is 83.6 Å². The number of hydrogen-bond acceptors (Lipinski definition) is 4. The van der Waals surface area contributed by atoms with Crippen molar-refractivity contribution in [3.05, 3.63) is 75.1 Å². The molecule has 1 aliphatic carbocycles. The Morgan fingerprint density at radius 2 is 1.75 bits per heavy atom. The van der Waals surface area contributed by atoms with Crippen LogP contribution in [0.2, 0.25) is 10.0 Å². The minimum atomic E-state index is -1.09. The second kappa shape index (κ2) is 9.63. The lowest BCUT2D eigenvalue weighted by molar-refractivity contribution is 0.0702. The smallest absolute Gasteiger partial charge is 0.348 e. The van der Waals surface area contributed by atoms with Crippen LogP contribution in [0.5, 0.6) is 0 Å². The summed E-state index contributed by atoms with van der Waals surface area (Å²) in [6.45, 7) is 0. The highest BCUT2D eigenvalue weighted by atomic mass is 35.5. The molecule has 0 bridgehead atoms. The van der Waals surface area contributed by atoms with Crippen molar-refractivity contribution < 1.29 is 14.7 Å². The second-order valence-electron chi connectivity index (χ2n) is 7.81. The van der Waals surface area contributed by atoms with Gasteiger partial charge in [0.2, 0.25) is 0 Å². The molecule has 32 heavy (non-hydrogen) atoms. The van der Waals surface area contributed by atoms with E-state index >= 15 is 0 Å². The molecule has 1 amide bonds. The molecule has 1 aromatic heterocycles. The van der Waals surface area contributed by atoms with Gasteiger partial charge in [-0.2, -0.15) is 0 Å². The number of amides is 1. The average molecular weight is 489 g/mol. The maximum absolute atomic E-state index is 13.8. The molecule has 2 aromatic carbocycles. The molecular formula is C24H22Cl2N2O3S. The highest BCUT2D eigenvalue weighted by Gasteiger charge is 2.36. The van der Waals surface area contributed by atoms with Crippen molar-refractivity contribution in [3.8, 4) is 10.4 Å². The Kier molecular flexibility index (Phi) is 6.86. The van der Waals surface area contributed by atoms with Crippen LogP contribution >= 0.6 is 34.5 Å². The van der Waals surface area contributed by atoms with Crippen molar-refractivity contribution in [1.82, 2.24) is 0 Å². The minimum Gasteiger partial charge on any atom is -0.477 e. The fourth-order valence-corrected chi connectivity index (χ4v) is 5.63. The third kappa shape index (κ3) is 4.55. The molecule has 8 heteroatoms. The van der Waals surface area contributed by atoms with Crippen molar-refractivity contribution in [1.29, 1.82) is 0 Å². The molecule has 1 heterocycles. The van der Waals surface area contributed by atoms with Gasteiger partial charge in [0.05, 0.1) is 22.3 Å². The van der Waals surface area contributed by atoms with E-state index in [1.807, 2.05) is 30.3 Å². The number of nitrogens with two attached hydrogens (primary N) is 1. The summed E-state index contributed by atoms with van der Waals surface area (Å²) < 4.78 is 0. The van der Waals surface area contributed by atoms with Gasteiger partial charge in [-0.25, -0.2) is 4.79 Å². The Morgan fingerprint density at radius 3 is 2.41 bits per heavy atom. The third-order valence-corrected chi connectivity index (χ3v) is 7.43. The normalized spacial score (nSPS) is 18.3. The Bertz CT molecular complexity index is 1150. The Hall–Kier alpha value is -2.38. The predicted octanol–water partition coefficient (Wildman–Crippen LogP) is 6.34. The fourth-order valence-electron chi connectivity index (χ4n) is 4.15. The van der Waals surface area contributed by atoms with E-state index in [0.717, 1.165) is 41.0 Å². The van der Waals surface area contributed by atoms with Crippen LogP contribution in [-0.4, -0.2) is 29.1 Å². The molecular weight excluding hydrogens is 467 g/mol. The molecule has 1 aliphatic rings. The van der Waals surface area contributed by atoms with Crippen LogP contribution in [0.3, 0.4) is 0 Å². The van der Waals surface area contributed by atoms with Gasteiger partial charge in [-0.3, -0.25) is 4.79 Å². The van der Waals surface area contributed by atoms with Gasteiger partial charge in [0.1, 0.15) is 4.88 Å². The fraction of sp³-hybridized carbons (Fsp3) is 0.250. The quantitative estimate of drug-likeness (QED) is 0.438. The first kappa shape index (κ1) is 22.8. The van der Waals surface area contributed by atoms with Crippen molar-refractivity contribution in [2.24, 2.45) is 5.73 Å². The van der Waals surface area contributed by atoms with E-state index in [2.05, 4.69) is 0 Å². The van der Waals surface area contributed by atoms with Crippen LogP contribution in [0.4, 0.5) is 5.69 Å². The molecule has 1 saturated carbocycles. The van der Waals surface area contributed by atoms with E-state index in [-0.39, 0.29) is 33.5 Å². The number of nitrogens with zero attached hydrogens (tertiary/aromatic N) is 1. The summed E-state index contributed by atoms with van der Waals surface area (Å²) in [4.78, 5) is 28.4. The zero-order valence-corrected chi connectivity index (χ0v) is 19.5. The second-order valence-corrected chi connectivity index (χ2v) is 9.71. The van der Waals surface area contributed by atoms with Crippen molar-refractivity contribution in [3.63, 3.8) is 0 Å². The lowest BCUT2D eigenvalue weighted by Crippen LogP contribution is -2.52. The van der Waals surface area contributed by atoms with E-state index in [0.29, 0.717) is 17.1 Å². The highest BCUT2D eigenvalue weighted by molar-refractivity contribution is 7.18. The van der Waals surface area contributed by atoms with E-state index < -0.39 is 5.97 Å². The Balaban J connectivity index is 1.87. The molecule has 0 unspecified atom stereocenters. The lowest BCUT2D eigenvalue weighted by Gasteiger charge is -2.38. The summed E-state index contributed by atoms with van der Waals surface area (Å²) in [6.07, 6.45) is 3.34. The number of carboxylic acids is 1. The first-order chi connectivity index (χ1) is 15.4. The van der Waals surface area contributed by atoms with E-state index in [4.69, 9.17) is 28.9 Å². The van der Waals surface area contributed by atoms with Gasteiger partial charge in [0.25, 0.3) is 5.91 Å². The Labute approximate surface area is 200 Å². The first-order valence-electron chi connectivity index (χ1n) is 10.3. The highest BCUT2D eigenvalue weighted by Crippen LogP contribution is 2.40. The molecule has 4 rings (SSSR count). The third-order valence-electron chi connectivity index (χ3n) is 5.72. The van der Waals surface area contributed by atoms with Crippen molar-refractivity contribution in [2.45, 2.75) is 37.8 Å². The maximum atomic E-state index is 13.8. The van der Waals surface area contributed by atoms with Crippen molar-refractivity contribution >= 4 is 52.1 Å². The monoisotopic (exact) mass is 488 g/mol. The van der Waals surface area contributed by atoms with Gasteiger partial charge in [-0.05, 0) is 42.7 Å². The van der Waals surface area contributed by atoms with Crippen LogP contribution < -0.4 is 10.6 Å². The van der Waals surface area contributed by atoms with E-state index in [9.17, 15) is 14.7 Å². The standard InChI is InChI=1S/C24H22Cl2N2O3S/c25-15-10-11-16(17(26)12-15)23(29)28(19-9-5-4-8-18(19)27)20-13-21(32-22(20)24(30)31)14-6-2-1-3-7-14/h1-3,6-7,10-13,18-19H,4-5,8-9,27H2,(H,30,31)/t18-,19-/m1/s1. The molecule has 0 spiro atoms. The average Bonchev–Trinajstić information content (AvgIpc) is 3.21. The van der Waals surface area contributed by atoms with E-state index in [1.54, 1.807) is 23.1 Å². The molecule has 0 saturated heterocycles. The summed E-state index contributed by atoms with van der Waals surface area (Å²) in [5, 5.41) is 10.6.